The molecule has 0 N–H and O–H groups in total. The topological polar surface area (TPSA) is 0 Å². The van der Waals surface area contributed by atoms with Crippen molar-refractivity contribution < 1.29 is 0 Å². The van der Waals surface area contributed by atoms with E-state index in [0.717, 1.165) is 11.3 Å². The average molecular weight is 273 g/mol. The van der Waals surface area contributed by atoms with Crippen molar-refractivity contribution in [2.75, 3.05) is 0 Å². The number of halogens is 1. The van der Waals surface area contributed by atoms with Crippen molar-refractivity contribution in [1.29, 1.82) is 0 Å². The van der Waals surface area contributed by atoms with Crippen molar-refractivity contribution >= 4 is 50.0 Å². The van der Waals surface area contributed by atoms with Gasteiger partial charge in [-0.25, -0.2) is 0 Å². The molecule has 0 bridgehead atoms. The molecule has 68 valence electrons. The van der Waals surface area contributed by atoms with E-state index in [1.165, 1.54) is 20.1 Å². The molecule has 0 saturated heterocycles. The molecule has 0 atom stereocenters. The number of thiophene rings is 1. The molecule has 0 fully saturated rings. The Labute approximate surface area is 95.5 Å². The van der Waals surface area contributed by atoms with Crippen LogP contribution >= 0.6 is 39.9 Å². The Morgan fingerprint density at radius 2 is 2.31 bits per heavy atom. The number of fused-ring (bicyclic) bond motifs is 1. The van der Waals surface area contributed by atoms with Gasteiger partial charge in [0.25, 0.3) is 0 Å². The Bertz CT molecular complexity index is 445. The summed E-state index contributed by atoms with van der Waals surface area (Å²) in [6.07, 6.45) is 1.06. The molecule has 0 aliphatic carbocycles. The SMILES string of the molecule is CCc1c(Br)cc(S)c2sccc12. The smallest absolute Gasteiger partial charge is 0.0479 e. The Morgan fingerprint density at radius 3 is 3.00 bits per heavy atom. The molecular weight excluding hydrogens is 264 g/mol. The van der Waals surface area contributed by atoms with Crippen LogP contribution < -0.4 is 0 Å². The van der Waals surface area contributed by atoms with Gasteiger partial charge in [0.1, 0.15) is 0 Å². The predicted octanol–water partition coefficient (Wildman–Crippen LogP) is 4.51. The minimum atomic E-state index is 1.06. The van der Waals surface area contributed by atoms with E-state index in [4.69, 9.17) is 0 Å². The van der Waals surface area contributed by atoms with Gasteiger partial charge in [0, 0.05) is 14.1 Å². The normalized spacial score (nSPS) is 11.0. The zero-order valence-electron chi connectivity index (χ0n) is 7.17. The van der Waals surface area contributed by atoms with Crippen molar-refractivity contribution in [3.05, 3.63) is 27.5 Å². The summed E-state index contributed by atoms with van der Waals surface area (Å²) in [6.45, 7) is 2.18. The zero-order chi connectivity index (χ0) is 9.42. The number of hydrogen-bond donors (Lipinski definition) is 1. The molecule has 0 radical (unpaired) electrons. The first-order valence-corrected chi connectivity index (χ1v) is 6.23. The van der Waals surface area contributed by atoms with Gasteiger partial charge in [-0.15, -0.1) is 24.0 Å². The predicted molar refractivity (Wildman–Crippen MR) is 66.2 cm³/mol. The second kappa shape index (κ2) is 3.64. The Balaban J connectivity index is 2.88. The number of rotatable bonds is 1. The van der Waals surface area contributed by atoms with Crippen LogP contribution in [0.1, 0.15) is 12.5 Å². The van der Waals surface area contributed by atoms with Crippen LogP contribution in [0.3, 0.4) is 0 Å². The van der Waals surface area contributed by atoms with Gasteiger partial charge in [0.15, 0.2) is 0 Å². The van der Waals surface area contributed by atoms with Crippen molar-refractivity contribution in [3.8, 4) is 0 Å². The molecule has 0 spiro atoms. The second-order valence-electron chi connectivity index (χ2n) is 2.87. The Morgan fingerprint density at radius 1 is 1.54 bits per heavy atom. The molecule has 0 saturated carbocycles. The second-order valence-corrected chi connectivity index (χ2v) is 5.13. The van der Waals surface area contributed by atoms with E-state index in [1.807, 2.05) is 0 Å². The van der Waals surface area contributed by atoms with Crippen molar-refractivity contribution in [1.82, 2.24) is 0 Å². The highest BCUT2D eigenvalue weighted by molar-refractivity contribution is 9.10. The van der Waals surface area contributed by atoms with Crippen molar-refractivity contribution in [2.24, 2.45) is 0 Å². The fourth-order valence-corrected chi connectivity index (χ4v) is 3.65. The highest BCUT2D eigenvalue weighted by atomic mass is 79.9. The summed E-state index contributed by atoms with van der Waals surface area (Å²) in [5, 5.41) is 3.46. The summed E-state index contributed by atoms with van der Waals surface area (Å²) in [4.78, 5) is 1.06. The maximum absolute atomic E-state index is 4.45. The van der Waals surface area contributed by atoms with E-state index in [1.54, 1.807) is 11.3 Å². The summed E-state index contributed by atoms with van der Waals surface area (Å²) in [7, 11) is 0. The summed E-state index contributed by atoms with van der Waals surface area (Å²) in [5.74, 6) is 0. The standard InChI is InChI=1S/C10H9BrS2/c1-2-6-7-3-4-13-10(7)9(12)5-8(6)11/h3-5,12H,2H2,1H3. The first-order valence-electron chi connectivity index (χ1n) is 4.11. The number of aryl methyl sites for hydroxylation is 1. The molecule has 0 nitrogen and oxygen atoms in total. The summed E-state index contributed by atoms with van der Waals surface area (Å²) >= 11 is 9.78. The van der Waals surface area contributed by atoms with E-state index in [0.29, 0.717) is 0 Å². The lowest BCUT2D eigenvalue weighted by atomic mass is 10.1. The Hall–Kier alpha value is 0.01000. The molecular formula is C10H9BrS2. The highest BCUT2D eigenvalue weighted by Gasteiger charge is 2.07. The van der Waals surface area contributed by atoms with Crippen LogP contribution in [0.2, 0.25) is 0 Å². The first-order chi connectivity index (χ1) is 6.24. The van der Waals surface area contributed by atoms with Gasteiger partial charge in [0.05, 0.1) is 0 Å². The quantitative estimate of drug-likeness (QED) is 0.726. The van der Waals surface area contributed by atoms with Gasteiger partial charge in [-0.2, -0.15) is 0 Å². The van der Waals surface area contributed by atoms with Crippen LogP contribution in [-0.4, -0.2) is 0 Å². The fourth-order valence-electron chi connectivity index (χ4n) is 1.51. The molecule has 1 aromatic carbocycles. The summed E-state index contributed by atoms with van der Waals surface area (Å²) < 4.78 is 2.47. The van der Waals surface area contributed by atoms with E-state index in [9.17, 15) is 0 Å². The average Bonchev–Trinajstić information content (AvgIpc) is 2.53. The van der Waals surface area contributed by atoms with Gasteiger partial charge in [-0.3, -0.25) is 0 Å². The molecule has 0 amide bonds. The monoisotopic (exact) mass is 272 g/mol. The van der Waals surface area contributed by atoms with Crippen molar-refractivity contribution in [2.45, 2.75) is 18.2 Å². The third-order valence-corrected chi connectivity index (χ3v) is 4.29. The van der Waals surface area contributed by atoms with Gasteiger partial charge in [-0.1, -0.05) is 22.9 Å². The lowest BCUT2D eigenvalue weighted by Crippen LogP contribution is -1.84. The zero-order valence-corrected chi connectivity index (χ0v) is 10.5. The van der Waals surface area contributed by atoms with E-state index in [-0.39, 0.29) is 0 Å². The van der Waals surface area contributed by atoms with Crippen LogP contribution in [0.15, 0.2) is 26.9 Å². The maximum Gasteiger partial charge on any atom is 0.0479 e. The lowest BCUT2D eigenvalue weighted by molar-refractivity contribution is 1.14. The largest absolute Gasteiger partial charge is 0.143 e. The van der Waals surface area contributed by atoms with Gasteiger partial charge < -0.3 is 0 Å². The van der Waals surface area contributed by atoms with Crippen LogP contribution in [0.5, 0.6) is 0 Å². The fraction of sp³-hybridized carbons (Fsp3) is 0.200. The number of benzene rings is 1. The molecule has 2 aromatic rings. The van der Waals surface area contributed by atoms with E-state index in [2.05, 4.69) is 53.0 Å². The highest BCUT2D eigenvalue weighted by Crippen LogP contribution is 2.35. The molecule has 0 aliphatic heterocycles. The molecule has 3 heteroatoms. The van der Waals surface area contributed by atoms with Crippen LogP contribution in [0.25, 0.3) is 10.1 Å². The van der Waals surface area contributed by atoms with Crippen LogP contribution in [0, 0.1) is 0 Å². The van der Waals surface area contributed by atoms with Crippen molar-refractivity contribution in [3.63, 3.8) is 0 Å². The molecule has 2 rings (SSSR count). The van der Waals surface area contributed by atoms with Gasteiger partial charge >= 0.3 is 0 Å². The third kappa shape index (κ3) is 1.53. The lowest BCUT2D eigenvalue weighted by Gasteiger charge is -2.05. The summed E-state index contributed by atoms with van der Waals surface area (Å²) in [5.41, 5.74) is 1.38. The third-order valence-electron chi connectivity index (χ3n) is 2.13. The molecule has 1 aromatic heterocycles. The summed E-state index contributed by atoms with van der Waals surface area (Å²) in [6, 6.07) is 4.25. The molecule has 0 aliphatic rings. The van der Waals surface area contributed by atoms with E-state index < -0.39 is 0 Å². The molecule has 13 heavy (non-hydrogen) atoms. The molecule has 1 heterocycles. The van der Waals surface area contributed by atoms with Crippen LogP contribution in [-0.2, 0) is 6.42 Å². The first kappa shape index (κ1) is 9.56. The minimum absolute atomic E-state index is 1.06. The molecule has 0 unspecified atom stereocenters. The number of thiol groups is 1. The van der Waals surface area contributed by atoms with E-state index >= 15 is 0 Å². The van der Waals surface area contributed by atoms with Gasteiger partial charge in [-0.05, 0) is 34.9 Å². The Kier molecular flexibility index (Phi) is 2.67. The number of hydrogen-bond acceptors (Lipinski definition) is 2. The van der Waals surface area contributed by atoms with Gasteiger partial charge in [0.2, 0.25) is 0 Å². The maximum atomic E-state index is 4.45. The minimum Gasteiger partial charge on any atom is -0.143 e. The van der Waals surface area contributed by atoms with Crippen LogP contribution in [0.4, 0.5) is 0 Å².